The summed E-state index contributed by atoms with van der Waals surface area (Å²) in [5.41, 5.74) is 2.24. The van der Waals surface area contributed by atoms with Crippen LogP contribution in [0.1, 0.15) is 18.1 Å². The lowest BCUT2D eigenvalue weighted by Gasteiger charge is -2.49. The summed E-state index contributed by atoms with van der Waals surface area (Å²) in [4.78, 5) is 38.7. The van der Waals surface area contributed by atoms with Gasteiger partial charge in [-0.3, -0.25) is 14.9 Å². The van der Waals surface area contributed by atoms with Gasteiger partial charge in [0.25, 0.3) is 5.69 Å². The number of β-lactam (4-membered cyclic amide) rings is 1. The van der Waals surface area contributed by atoms with E-state index in [1.54, 1.807) is 23.5 Å². The number of nitro groups is 1. The number of non-ortho nitro benzene ring substituents is 1. The summed E-state index contributed by atoms with van der Waals surface area (Å²) in [5, 5.41) is 23.9. The molecule has 6 rings (SSSR count). The van der Waals surface area contributed by atoms with E-state index < -0.39 is 25.1 Å². The number of hydrogen-bond donors (Lipinski definition) is 1. The molecule has 41 heavy (non-hydrogen) atoms. The average molecular weight is 587 g/mol. The maximum atomic E-state index is 13.6. The highest BCUT2D eigenvalue weighted by atomic mass is 32.1. The fraction of sp³-hybridized carbons (Fsp3) is 0.290. The van der Waals surface area contributed by atoms with Crippen molar-refractivity contribution >= 4 is 63.0 Å². The summed E-state index contributed by atoms with van der Waals surface area (Å²) < 4.78 is 8.54. The van der Waals surface area contributed by atoms with E-state index in [1.807, 2.05) is 37.3 Å². The number of nitrogens with zero attached hydrogens (tertiary/aromatic N) is 2. The number of hydrogen-bond acceptors (Lipinski definition) is 6. The zero-order valence-electron chi connectivity index (χ0n) is 23.2. The number of fused-ring (bicyclic) bond motifs is 4. The van der Waals surface area contributed by atoms with E-state index in [-0.39, 0.29) is 35.4 Å². The largest absolute Gasteiger partial charge is 0.477 e. The third-order valence-electron chi connectivity index (χ3n) is 8.01. The molecule has 2 aliphatic rings. The van der Waals surface area contributed by atoms with Gasteiger partial charge in [-0.25, -0.2) is 4.79 Å². The van der Waals surface area contributed by atoms with Crippen molar-refractivity contribution in [2.45, 2.75) is 45.1 Å². The van der Waals surface area contributed by atoms with E-state index in [0.717, 1.165) is 31.3 Å². The number of carboxylic acids is 1. The number of thiophene rings is 1. The van der Waals surface area contributed by atoms with Crippen LogP contribution >= 0.6 is 11.3 Å². The van der Waals surface area contributed by atoms with Gasteiger partial charge < -0.3 is 14.4 Å². The van der Waals surface area contributed by atoms with Gasteiger partial charge in [0.05, 0.1) is 23.0 Å². The van der Waals surface area contributed by atoms with Gasteiger partial charge >= 0.3 is 5.97 Å². The van der Waals surface area contributed by atoms with Gasteiger partial charge in [0.15, 0.2) is 8.32 Å². The van der Waals surface area contributed by atoms with Crippen molar-refractivity contribution in [2.24, 2.45) is 11.8 Å². The monoisotopic (exact) mass is 586 g/mol. The van der Waals surface area contributed by atoms with Gasteiger partial charge in [-0.1, -0.05) is 42.5 Å². The number of carbonyl (C=O) groups excluding carboxylic acids is 1. The maximum Gasteiger partial charge on any atom is 0.352 e. The summed E-state index contributed by atoms with van der Waals surface area (Å²) in [6.07, 6.45) is 0.0633. The molecule has 0 aliphatic carbocycles. The Labute approximate surface area is 242 Å². The first kappa shape index (κ1) is 27.3. The van der Waals surface area contributed by atoms with Gasteiger partial charge in [0.1, 0.15) is 5.70 Å². The predicted octanol–water partition coefficient (Wildman–Crippen LogP) is 6.70. The number of aliphatic carboxylic acids is 1. The molecule has 2 aliphatic heterocycles. The van der Waals surface area contributed by atoms with E-state index in [0.29, 0.717) is 12.0 Å². The van der Waals surface area contributed by atoms with Crippen LogP contribution in [-0.2, 0) is 20.4 Å². The van der Waals surface area contributed by atoms with Crippen molar-refractivity contribution in [3.8, 4) is 0 Å². The molecule has 4 atom stereocenters. The molecule has 1 N–H and O–H groups in total. The fourth-order valence-corrected chi connectivity index (χ4v) is 8.91. The van der Waals surface area contributed by atoms with Gasteiger partial charge in [0.2, 0.25) is 5.91 Å². The minimum atomic E-state index is -1.98. The van der Waals surface area contributed by atoms with Crippen LogP contribution in [0.15, 0.2) is 72.4 Å². The molecule has 4 aromatic rings. The summed E-state index contributed by atoms with van der Waals surface area (Å²) in [6, 6.07) is 20.2. The van der Waals surface area contributed by atoms with Crippen LogP contribution in [0, 0.1) is 22.0 Å². The van der Waals surface area contributed by atoms with Gasteiger partial charge in [-0.15, -0.1) is 11.3 Å². The minimum Gasteiger partial charge on any atom is -0.477 e. The predicted molar refractivity (Wildman–Crippen MR) is 162 cm³/mol. The van der Waals surface area contributed by atoms with Crippen molar-refractivity contribution in [2.75, 3.05) is 0 Å². The Morgan fingerprint density at radius 3 is 2.41 bits per heavy atom. The minimum absolute atomic E-state index is 0.00661. The van der Waals surface area contributed by atoms with Crippen LogP contribution in [0.3, 0.4) is 0 Å². The smallest absolute Gasteiger partial charge is 0.352 e. The number of benzene rings is 3. The van der Waals surface area contributed by atoms with Gasteiger partial charge in [0, 0.05) is 38.2 Å². The molecule has 1 saturated heterocycles. The lowest BCUT2D eigenvalue weighted by Crippen LogP contribution is -2.65. The Bertz CT molecular complexity index is 1760. The van der Waals surface area contributed by atoms with Crippen LogP contribution in [0.2, 0.25) is 19.6 Å². The molecule has 1 unspecified atom stereocenters. The molecule has 8 nitrogen and oxygen atoms in total. The first-order chi connectivity index (χ1) is 19.4. The number of rotatable bonds is 8. The van der Waals surface area contributed by atoms with Crippen molar-refractivity contribution in [1.82, 2.24) is 4.90 Å². The fourth-order valence-electron chi connectivity index (χ4n) is 6.50. The van der Waals surface area contributed by atoms with E-state index in [1.165, 1.54) is 17.0 Å². The zero-order chi connectivity index (χ0) is 29.2. The molecule has 1 amide bonds. The quantitative estimate of drug-likeness (QED) is 0.107. The Hall–Kier alpha value is -3.86. The lowest BCUT2D eigenvalue weighted by molar-refractivity contribution is -0.384. The highest BCUT2D eigenvalue weighted by molar-refractivity contribution is 7.25. The van der Waals surface area contributed by atoms with E-state index in [2.05, 4.69) is 31.8 Å². The topological polar surface area (TPSA) is 110 Å². The summed E-state index contributed by atoms with van der Waals surface area (Å²) in [6.45, 7) is 8.11. The number of carbonyl (C=O) groups is 2. The molecular weight excluding hydrogens is 557 g/mol. The van der Waals surface area contributed by atoms with Crippen molar-refractivity contribution in [3.63, 3.8) is 0 Å². The van der Waals surface area contributed by atoms with E-state index in [9.17, 15) is 24.8 Å². The lowest BCUT2D eigenvalue weighted by atomic mass is 9.73. The molecule has 210 valence electrons. The zero-order valence-corrected chi connectivity index (χ0v) is 25.0. The summed E-state index contributed by atoms with van der Waals surface area (Å²) in [5.74, 6) is -2.18. The molecule has 0 saturated carbocycles. The Balaban J connectivity index is 1.48. The standard InChI is InChI=1S/C31H30N2O6SSi/c1-17(39-41(2,3)4)26-28-23(15-18-9-12-20(13-10-18)33(37)38)27(29(31(35)36)32(28)30(26)34)19-11-14-22-21-7-5-6-8-24(21)40-25(22)16-19/h5-14,16-17,23,26,28H,15H2,1-4H3,(H,35,36)/t17-,23?,26-,28-/m1/s1. The molecule has 0 bridgehead atoms. The molecular formula is C31H30N2O6SSi. The molecule has 10 heteroatoms. The average Bonchev–Trinajstić information content (AvgIpc) is 3.41. The third kappa shape index (κ3) is 4.65. The molecule has 0 spiro atoms. The van der Waals surface area contributed by atoms with Crippen LogP contribution in [0.25, 0.3) is 25.7 Å². The van der Waals surface area contributed by atoms with E-state index >= 15 is 0 Å². The third-order valence-corrected chi connectivity index (χ3v) is 10.2. The molecule has 1 fully saturated rings. The molecule has 1 aromatic heterocycles. The van der Waals surface area contributed by atoms with Crippen LogP contribution in [0.5, 0.6) is 0 Å². The highest BCUT2D eigenvalue weighted by Gasteiger charge is 2.61. The van der Waals surface area contributed by atoms with Crippen molar-refractivity contribution in [1.29, 1.82) is 0 Å². The van der Waals surface area contributed by atoms with Crippen LogP contribution in [-0.4, -0.2) is 47.3 Å². The summed E-state index contributed by atoms with van der Waals surface area (Å²) in [7, 11) is -1.98. The second kappa shape index (κ2) is 9.90. The number of amides is 1. The normalized spacial score (nSPS) is 21.3. The van der Waals surface area contributed by atoms with Crippen LogP contribution in [0.4, 0.5) is 5.69 Å². The first-order valence-corrected chi connectivity index (χ1v) is 17.8. The number of carboxylic acid groups (broad SMARTS) is 1. The van der Waals surface area contributed by atoms with Crippen molar-refractivity contribution in [3.05, 3.63) is 93.7 Å². The summed E-state index contributed by atoms with van der Waals surface area (Å²) >= 11 is 1.65. The van der Waals surface area contributed by atoms with Gasteiger partial charge in [-0.05, 0) is 61.8 Å². The second-order valence-corrected chi connectivity index (χ2v) is 17.3. The van der Waals surface area contributed by atoms with Crippen molar-refractivity contribution < 1.29 is 24.0 Å². The molecule has 3 heterocycles. The van der Waals surface area contributed by atoms with Gasteiger partial charge in [-0.2, -0.15) is 0 Å². The Kier molecular flexibility index (Phi) is 6.59. The second-order valence-electron chi connectivity index (χ2n) is 11.8. The first-order valence-electron chi connectivity index (χ1n) is 13.6. The number of nitro benzene ring substituents is 1. The Morgan fingerprint density at radius 1 is 1.07 bits per heavy atom. The molecule has 0 radical (unpaired) electrons. The molecule has 3 aromatic carbocycles. The van der Waals surface area contributed by atoms with E-state index in [4.69, 9.17) is 4.43 Å². The Morgan fingerprint density at radius 2 is 1.76 bits per heavy atom. The van der Waals surface area contributed by atoms with Crippen LogP contribution < -0.4 is 0 Å². The highest BCUT2D eigenvalue weighted by Crippen LogP contribution is 2.53. The maximum absolute atomic E-state index is 13.6. The SMILES string of the molecule is C[C@@H](O[Si](C)(C)C)[C@H]1C(=O)N2C(C(=O)O)=C(c3ccc4c(c3)sc3ccccc34)C(Cc3ccc([N+](=O)[O-])cc3)[C@H]12.